The molecule has 0 amide bonds. The van der Waals surface area contributed by atoms with Gasteiger partial charge in [0.2, 0.25) is 10.0 Å². The number of nitrogens with one attached hydrogen (secondary N) is 1. The van der Waals surface area contributed by atoms with Gasteiger partial charge in [0, 0.05) is 18.5 Å². The summed E-state index contributed by atoms with van der Waals surface area (Å²) in [6.07, 6.45) is 3.19. The van der Waals surface area contributed by atoms with Gasteiger partial charge in [0.05, 0.1) is 17.0 Å². The Morgan fingerprint density at radius 2 is 1.82 bits per heavy atom. The lowest BCUT2D eigenvalue weighted by molar-refractivity contribution is 0.579. The third kappa shape index (κ3) is 3.22. The van der Waals surface area contributed by atoms with Crippen LogP contribution in [0.5, 0.6) is 0 Å². The van der Waals surface area contributed by atoms with Crippen LogP contribution < -0.4 is 4.72 Å². The number of rotatable bonds is 4. The lowest BCUT2D eigenvalue weighted by Crippen LogP contribution is -2.15. The average Bonchev–Trinajstić information content (AvgIpc) is 2.83. The fraction of sp³-hybridized carbons (Fsp3) is 0.0714. The number of pyridine rings is 1. The number of nitrogens with zero attached hydrogens (tertiary/aromatic N) is 2. The first-order valence-corrected chi connectivity index (χ1v) is 7.95. The third-order valence-corrected chi connectivity index (χ3v) is 4.21. The molecule has 114 valence electrons. The van der Waals surface area contributed by atoms with Crippen molar-refractivity contribution in [3.63, 3.8) is 0 Å². The van der Waals surface area contributed by atoms with E-state index < -0.39 is 27.4 Å². The molecule has 0 saturated carbocycles. The largest absolute Gasteiger partial charge is 0.283 e. The van der Waals surface area contributed by atoms with E-state index in [1.807, 2.05) is 0 Å². The molecule has 0 aliphatic carbocycles. The van der Waals surface area contributed by atoms with E-state index >= 15 is 0 Å². The Kier molecular flexibility index (Phi) is 3.53. The zero-order chi connectivity index (χ0) is 15.7. The Morgan fingerprint density at radius 3 is 2.55 bits per heavy atom. The van der Waals surface area contributed by atoms with E-state index in [2.05, 4.69) is 9.82 Å². The molecule has 3 aromatic rings. The highest BCUT2D eigenvalue weighted by Crippen LogP contribution is 2.16. The van der Waals surface area contributed by atoms with E-state index in [-0.39, 0.29) is 5.56 Å². The molecule has 1 N–H and O–H groups in total. The molecule has 0 atom stereocenters. The van der Waals surface area contributed by atoms with Crippen LogP contribution in [-0.4, -0.2) is 18.0 Å². The van der Waals surface area contributed by atoms with Crippen LogP contribution in [0.15, 0.2) is 48.8 Å². The first kappa shape index (κ1) is 14.5. The zero-order valence-corrected chi connectivity index (χ0v) is 12.0. The summed E-state index contributed by atoms with van der Waals surface area (Å²) in [5, 5.41) is 4.00. The second-order valence-corrected chi connectivity index (χ2v) is 6.48. The van der Waals surface area contributed by atoms with Crippen molar-refractivity contribution < 1.29 is 17.2 Å². The number of benzene rings is 1. The first-order valence-electron chi connectivity index (χ1n) is 6.30. The van der Waals surface area contributed by atoms with Gasteiger partial charge < -0.3 is 0 Å². The van der Waals surface area contributed by atoms with Crippen LogP contribution in [0.1, 0.15) is 5.56 Å². The summed E-state index contributed by atoms with van der Waals surface area (Å²) in [6.45, 7) is 0. The molecular formula is C14H11F2N3O2S. The molecule has 0 unspecified atom stereocenters. The van der Waals surface area contributed by atoms with Gasteiger partial charge in [-0.15, -0.1) is 0 Å². The van der Waals surface area contributed by atoms with E-state index in [9.17, 15) is 17.2 Å². The maximum absolute atomic E-state index is 13.1. The Hall–Kier alpha value is -2.48. The van der Waals surface area contributed by atoms with E-state index in [1.165, 1.54) is 0 Å². The van der Waals surface area contributed by atoms with Crippen LogP contribution in [0.2, 0.25) is 0 Å². The van der Waals surface area contributed by atoms with Crippen LogP contribution in [0.25, 0.3) is 5.52 Å². The summed E-state index contributed by atoms with van der Waals surface area (Å²) in [4.78, 5) is 0. The molecule has 0 fully saturated rings. The minimum absolute atomic E-state index is 0.0374. The number of sulfonamides is 1. The SMILES string of the molecule is O=S(=O)(Cc1cc(F)cc(F)c1)Nc1ccn2nccc2c1. The number of hydrogen-bond acceptors (Lipinski definition) is 3. The minimum atomic E-state index is -3.79. The summed E-state index contributed by atoms with van der Waals surface area (Å²) < 4.78 is 54.3. The van der Waals surface area contributed by atoms with Crippen molar-refractivity contribution in [1.82, 2.24) is 9.61 Å². The van der Waals surface area contributed by atoms with Gasteiger partial charge in [0.15, 0.2) is 0 Å². The molecular weight excluding hydrogens is 312 g/mol. The second-order valence-electron chi connectivity index (χ2n) is 4.75. The number of hydrogen-bond donors (Lipinski definition) is 1. The maximum atomic E-state index is 13.1. The third-order valence-electron chi connectivity index (χ3n) is 2.95. The molecule has 0 aliphatic heterocycles. The summed E-state index contributed by atoms with van der Waals surface area (Å²) in [6, 6.07) is 7.54. The normalized spacial score (nSPS) is 11.7. The van der Waals surface area contributed by atoms with Gasteiger partial charge in [-0.2, -0.15) is 5.10 Å². The molecule has 0 bridgehead atoms. The molecule has 0 spiro atoms. The highest BCUT2D eigenvalue weighted by atomic mass is 32.2. The molecule has 2 heterocycles. The van der Waals surface area contributed by atoms with Crippen LogP contribution >= 0.6 is 0 Å². The number of fused-ring (bicyclic) bond motifs is 1. The van der Waals surface area contributed by atoms with Crippen LogP contribution in [0.3, 0.4) is 0 Å². The van der Waals surface area contributed by atoms with Crippen molar-refractivity contribution in [1.29, 1.82) is 0 Å². The van der Waals surface area contributed by atoms with Crippen molar-refractivity contribution in [2.75, 3.05) is 4.72 Å². The quantitative estimate of drug-likeness (QED) is 0.802. The molecule has 2 aromatic heterocycles. The molecule has 1 aromatic carbocycles. The standard InChI is InChI=1S/C14H11F2N3O2S/c15-11-5-10(6-12(16)7-11)9-22(20,21)18-13-2-4-19-14(8-13)1-3-17-19/h1-8,18H,9H2. The molecule has 22 heavy (non-hydrogen) atoms. The van der Waals surface area contributed by atoms with Gasteiger partial charge in [-0.3, -0.25) is 4.72 Å². The van der Waals surface area contributed by atoms with Crippen molar-refractivity contribution in [2.45, 2.75) is 5.75 Å². The summed E-state index contributed by atoms with van der Waals surface area (Å²) in [5.74, 6) is -2.15. The lowest BCUT2D eigenvalue weighted by Gasteiger charge is -2.08. The topological polar surface area (TPSA) is 63.5 Å². The minimum Gasteiger partial charge on any atom is -0.283 e. The molecule has 5 nitrogen and oxygen atoms in total. The van der Waals surface area contributed by atoms with Gasteiger partial charge in [-0.1, -0.05) is 0 Å². The van der Waals surface area contributed by atoms with Gasteiger partial charge in [-0.05, 0) is 35.9 Å². The predicted molar refractivity (Wildman–Crippen MR) is 77.8 cm³/mol. The molecule has 0 radical (unpaired) electrons. The van der Waals surface area contributed by atoms with E-state index in [4.69, 9.17) is 0 Å². The van der Waals surface area contributed by atoms with Crippen molar-refractivity contribution in [3.8, 4) is 0 Å². The highest BCUT2D eigenvalue weighted by Gasteiger charge is 2.14. The second kappa shape index (κ2) is 5.38. The van der Waals surface area contributed by atoms with Crippen molar-refractivity contribution in [3.05, 3.63) is 66.0 Å². The van der Waals surface area contributed by atoms with Gasteiger partial charge in [-0.25, -0.2) is 21.7 Å². The van der Waals surface area contributed by atoms with Crippen molar-refractivity contribution in [2.24, 2.45) is 0 Å². The Morgan fingerprint density at radius 1 is 1.09 bits per heavy atom. The Balaban J connectivity index is 1.83. The average molecular weight is 323 g/mol. The molecule has 0 aliphatic rings. The van der Waals surface area contributed by atoms with Gasteiger partial charge >= 0.3 is 0 Å². The number of anilines is 1. The van der Waals surface area contributed by atoms with E-state index in [0.717, 1.165) is 17.6 Å². The van der Waals surface area contributed by atoms with Gasteiger partial charge in [0.1, 0.15) is 11.6 Å². The Labute approximate surface area is 125 Å². The fourth-order valence-electron chi connectivity index (χ4n) is 2.11. The van der Waals surface area contributed by atoms with E-state index in [0.29, 0.717) is 11.8 Å². The van der Waals surface area contributed by atoms with Crippen LogP contribution in [0, 0.1) is 11.6 Å². The lowest BCUT2D eigenvalue weighted by atomic mass is 10.2. The molecule has 8 heteroatoms. The zero-order valence-electron chi connectivity index (χ0n) is 11.2. The highest BCUT2D eigenvalue weighted by molar-refractivity contribution is 7.91. The number of halogens is 2. The van der Waals surface area contributed by atoms with Crippen molar-refractivity contribution >= 4 is 21.2 Å². The monoisotopic (exact) mass is 323 g/mol. The van der Waals surface area contributed by atoms with Crippen LogP contribution in [0.4, 0.5) is 14.5 Å². The van der Waals surface area contributed by atoms with Gasteiger partial charge in [0.25, 0.3) is 0 Å². The fourth-order valence-corrected chi connectivity index (χ4v) is 3.28. The molecule has 0 saturated heterocycles. The van der Waals surface area contributed by atoms with Crippen LogP contribution in [-0.2, 0) is 15.8 Å². The maximum Gasteiger partial charge on any atom is 0.236 e. The predicted octanol–water partition coefficient (Wildman–Crippen LogP) is 2.55. The van der Waals surface area contributed by atoms with E-state index in [1.54, 1.807) is 35.1 Å². The summed E-state index contributed by atoms with van der Waals surface area (Å²) in [5.41, 5.74) is 1.11. The molecule has 3 rings (SSSR count). The smallest absolute Gasteiger partial charge is 0.236 e. The summed E-state index contributed by atoms with van der Waals surface area (Å²) >= 11 is 0. The summed E-state index contributed by atoms with van der Waals surface area (Å²) in [7, 11) is -3.79. The number of aromatic nitrogens is 2. The Bertz CT molecular complexity index is 918. The first-order chi connectivity index (χ1) is 10.4.